The number of carbonyl (C=O) groups is 1. The summed E-state index contributed by atoms with van der Waals surface area (Å²) in [6.45, 7) is 2.06. The number of aromatic nitrogens is 1. The van der Waals surface area contributed by atoms with Gasteiger partial charge in [0.05, 0.1) is 6.04 Å². The van der Waals surface area contributed by atoms with Gasteiger partial charge in [0.1, 0.15) is 5.69 Å². The van der Waals surface area contributed by atoms with E-state index in [9.17, 15) is 4.79 Å². The van der Waals surface area contributed by atoms with Gasteiger partial charge < -0.3 is 10.2 Å². The maximum absolute atomic E-state index is 13.1. The maximum atomic E-state index is 13.1. The van der Waals surface area contributed by atoms with Crippen molar-refractivity contribution in [1.82, 2.24) is 15.2 Å². The highest BCUT2D eigenvalue weighted by Gasteiger charge is 2.28. The van der Waals surface area contributed by atoms with E-state index in [0.717, 1.165) is 50.9 Å². The molecule has 1 aliphatic carbocycles. The molecule has 0 radical (unpaired) electrons. The van der Waals surface area contributed by atoms with Crippen LogP contribution in [0.5, 0.6) is 0 Å². The summed E-state index contributed by atoms with van der Waals surface area (Å²) in [5.74, 6) is 0.493. The summed E-state index contributed by atoms with van der Waals surface area (Å²) < 4.78 is 0. The number of hydrogen-bond acceptors (Lipinski definition) is 3. The predicted octanol–water partition coefficient (Wildman–Crippen LogP) is 4.12. The van der Waals surface area contributed by atoms with Crippen LogP contribution in [0.4, 0.5) is 0 Å². The number of pyridine rings is 1. The lowest BCUT2D eigenvalue weighted by atomic mass is 9.87. The molecular formula is C22H28ClN3O. The molecule has 1 saturated heterocycles. The van der Waals surface area contributed by atoms with Crippen LogP contribution < -0.4 is 5.32 Å². The fourth-order valence-electron chi connectivity index (χ4n) is 4.37. The number of piperidine rings is 1. The van der Waals surface area contributed by atoms with Crippen molar-refractivity contribution in [3.8, 4) is 0 Å². The van der Waals surface area contributed by atoms with Crippen molar-refractivity contribution in [2.45, 2.75) is 44.1 Å². The van der Waals surface area contributed by atoms with Gasteiger partial charge in [-0.15, -0.1) is 12.4 Å². The Kier molecular flexibility index (Phi) is 6.51. The zero-order chi connectivity index (χ0) is 17.9. The van der Waals surface area contributed by atoms with Gasteiger partial charge in [-0.25, -0.2) is 4.98 Å². The van der Waals surface area contributed by atoms with Crippen LogP contribution in [-0.4, -0.2) is 35.9 Å². The number of aryl methyl sites for hydroxylation is 1. The fraction of sp³-hybridized carbons (Fsp3) is 0.455. The van der Waals surface area contributed by atoms with Crippen molar-refractivity contribution in [2.24, 2.45) is 0 Å². The van der Waals surface area contributed by atoms with Crippen molar-refractivity contribution < 1.29 is 4.79 Å². The van der Waals surface area contributed by atoms with Gasteiger partial charge in [-0.2, -0.15) is 0 Å². The zero-order valence-electron chi connectivity index (χ0n) is 15.9. The second kappa shape index (κ2) is 8.85. The van der Waals surface area contributed by atoms with E-state index in [4.69, 9.17) is 4.98 Å². The van der Waals surface area contributed by atoms with E-state index in [1.807, 2.05) is 24.1 Å². The first-order chi connectivity index (χ1) is 12.7. The number of halogens is 1. The van der Waals surface area contributed by atoms with Gasteiger partial charge in [0, 0.05) is 18.7 Å². The average Bonchev–Trinajstić information content (AvgIpc) is 2.73. The Hall–Kier alpha value is -1.91. The van der Waals surface area contributed by atoms with E-state index in [1.54, 1.807) is 0 Å². The summed E-state index contributed by atoms with van der Waals surface area (Å²) in [5.41, 5.74) is 4.31. The summed E-state index contributed by atoms with van der Waals surface area (Å²) in [6.07, 6.45) is 5.44. The number of fused-ring (bicyclic) bond motifs is 1. The Morgan fingerprint density at radius 2 is 1.85 bits per heavy atom. The van der Waals surface area contributed by atoms with E-state index < -0.39 is 0 Å². The average molecular weight is 386 g/mol. The third-order valence-electron chi connectivity index (χ3n) is 5.87. The lowest BCUT2D eigenvalue weighted by Gasteiger charge is -2.33. The van der Waals surface area contributed by atoms with Gasteiger partial charge in [-0.05, 0) is 68.5 Å². The van der Waals surface area contributed by atoms with Crippen LogP contribution in [0.15, 0.2) is 42.5 Å². The summed E-state index contributed by atoms with van der Waals surface area (Å²) in [4.78, 5) is 19.8. The van der Waals surface area contributed by atoms with E-state index in [1.165, 1.54) is 11.1 Å². The van der Waals surface area contributed by atoms with E-state index in [2.05, 4.69) is 35.6 Å². The molecule has 2 aromatic rings. The molecule has 27 heavy (non-hydrogen) atoms. The van der Waals surface area contributed by atoms with Gasteiger partial charge in [-0.3, -0.25) is 4.79 Å². The molecule has 1 aromatic carbocycles. The standard InChI is InChI=1S/C22H27N3O.ClH/c1-25(21-11-4-7-16-6-2-3-8-18(16)21)22(26)20-10-5-9-19(24-20)17-12-14-23-15-13-17;/h2-3,5-6,8-10,17,21,23H,4,7,11-15H2,1H3;1H. The number of nitrogens with one attached hydrogen (secondary N) is 1. The van der Waals surface area contributed by atoms with Crippen molar-refractivity contribution in [2.75, 3.05) is 20.1 Å². The number of benzene rings is 1. The third-order valence-corrected chi connectivity index (χ3v) is 5.87. The molecule has 1 N–H and O–H groups in total. The molecule has 4 nitrogen and oxygen atoms in total. The Bertz CT molecular complexity index is 789. The number of carbonyl (C=O) groups excluding carboxylic acids is 1. The molecule has 1 atom stereocenters. The first-order valence-electron chi connectivity index (χ1n) is 9.76. The highest BCUT2D eigenvalue weighted by atomic mass is 35.5. The predicted molar refractivity (Wildman–Crippen MR) is 111 cm³/mol. The maximum Gasteiger partial charge on any atom is 0.272 e. The molecule has 1 aromatic heterocycles. The van der Waals surface area contributed by atoms with Crippen molar-refractivity contribution in [1.29, 1.82) is 0 Å². The van der Waals surface area contributed by atoms with Gasteiger partial charge in [-0.1, -0.05) is 30.3 Å². The summed E-state index contributed by atoms with van der Waals surface area (Å²) in [7, 11) is 1.92. The molecule has 1 amide bonds. The highest BCUT2D eigenvalue weighted by molar-refractivity contribution is 5.92. The van der Waals surface area contributed by atoms with E-state index >= 15 is 0 Å². The largest absolute Gasteiger partial charge is 0.333 e. The molecule has 1 aliphatic heterocycles. The smallest absolute Gasteiger partial charge is 0.272 e. The Morgan fingerprint density at radius 3 is 2.67 bits per heavy atom. The lowest BCUT2D eigenvalue weighted by Crippen LogP contribution is -2.34. The normalized spacial score (nSPS) is 19.7. The van der Waals surface area contributed by atoms with Crippen molar-refractivity contribution >= 4 is 18.3 Å². The van der Waals surface area contributed by atoms with Crippen LogP contribution in [-0.2, 0) is 6.42 Å². The molecule has 2 aliphatic rings. The SMILES string of the molecule is CN(C(=O)c1cccc(C2CCNCC2)n1)C1CCCc2ccccc21.Cl. The van der Waals surface area contributed by atoms with Gasteiger partial charge >= 0.3 is 0 Å². The number of hydrogen-bond donors (Lipinski definition) is 1. The highest BCUT2D eigenvalue weighted by Crippen LogP contribution is 2.34. The van der Waals surface area contributed by atoms with Gasteiger partial charge in [0.2, 0.25) is 0 Å². The van der Waals surface area contributed by atoms with Gasteiger partial charge in [0.25, 0.3) is 5.91 Å². The van der Waals surface area contributed by atoms with Crippen LogP contribution in [0.2, 0.25) is 0 Å². The quantitative estimate of drug-likeness (QED) is 0.864. The second-order valence-corrected chi connectivity index (χ2v) is 7.49. The molecule has 144 valence electrons. The number of rotatable bonds is 3. The summed E-state index contributed by atoms with van der Waals surface area (Å²) in [5, 5.41) is 3.39. The topological polar surface area (TPSA) is 45.2 Å². The van der Waals surface area contributed by atoms with E-state index in [-0.39, 0.29) is 24.4 Å². The first kappa shape index (κ1) is 19.8. The van der Waals surface area contributed by atoms with E-state index in [0.29, 0.717) is 11.6 Å². The Balaban J connectivity index is 0.00000210. The monoisotopic (exact) mass is 385 g/mol. The number of nitrogens with zero attached hydrogens (tertiary/aromatic N) is 2. The van der Waals surface area contributed by atoms with Crippen LogP contribution in [0.1, 0.15) is 65.0 Å². The molecule has 2 heterocycles. The second-order valence-electron chi connectivity index (χ2n) is 7.49. The molecule has 1 unspecified atom stereocenters. The molecule has 0 bridgehead atoms. The summed E-state index contributed by atoms with van der Waals surface area (Å²) in [6, 6.07) is 14.6. The minimum atomic E-state index is 0. The molecule has 1 fully saturated rings. The van der Waals surface area contributed by atoms with Crippen LogP contribution >= 0.6 is 12.4 Å². The third kappa shape index (κ3) is 4.17. The van der Waals surface area contributed by atoms with Crippen LogP contribution in [0.3, 0.4) is 0 Å². The van der Waals surface area contributed by atoms with Crippen molar-refractivity contribution in [3.05, 3.63) is 65.0 Å². The van der Waals surface area contributed by atoms with Gasteiger partial charge in [0.15, 0.2) is 0 Å². The Morgan fingerprint density at radius 1 is 1.07 bits per heavy atom. The minimum Gasteiger partial charge on any atom is -0.333 e. The fourth-order valence-corrected chi connectivity index (χ4v) is 4.37. The van der Waals surface area contributed by atoms with Crippen LogP contribution in [0, 0.1) is 0 Å². The molecule has 0 saturated carbocycles. The molecule has 4 rings (SSSR count). The number of amides is 1. The lowest BCUT2D eigenvalue weighted by molar-refractivity contribution is 0.0708. The summed E-state index contributed by atoms with van der Waals surface area (Å²) >= 11 is 0. The zero-order valence-corrected chi connectivity index (χ0v) is 16.7. The first-order valence-corrected chi connectivity index (χ1v) is 9.76. The minimum absolute atomic E-state index is 0. The molecular weight excluding hydrogens is 358 g/mol. The molecule has 5 heteroatoms. The van der Waals surface area contributed by atoms with Crippen LogP contribution in [0.25, 0.3) is 0 Å². The molecule has 0 spiro atoms. The van der Waals surface area contributed by atoms with Crippen molar-refractivity contribution in [3.63, 3.8) is 0 Å². The Labute approximate surface area is 167 Å².